The Balaban J connectivity index is 2.13. The zero-order valence-electron chi connectivity index (χ0n) is 13.3. The minimum Gasteiger partial charge on any atom is -0.497 e. The van der Waals surface area contributed by atoms with Gasteiger partial charge in [-0.15, -0.1) is 0 Å². The predicted octanol–water partition coefficient (Wildman–Crippen LogP) is 3.76. The Morgan fingerprint density at radius 3 is 2.32 bits per heavy atom. The third kappa shape index (κ3) is 3.14. The van der Waals surface area contributed by atoms with Gasteiger partial charge in [0.1, 0.15) is 16.5 Å². The van der Waals surface area contributed by atoms with Crippen LogP contribution in [0.1, 0.15) is 11.1 Å². The number of ether oxygens (including phenoxy) is 2. The second-order valence-corrected chi connectivity index (χ2v) is 5.67. The number of benzene rings is 2. The lowest BCUT2D eigenvalue weighted by Crippen LogP contribution is -2.03. The number of nitrogens with one attached hydrogen (secondary N) is 1. The molecule has 1 N–H and O–H groups in total. The molecule has 8 heteroatoms. The van der Waals surface area contributed by atoms with Gasteiger partial charge in [0.25, 0.3) is 11.6 Å². The second-order valence-electron chi connectivity index (χ2n) is 5.26. The van der Waals surface area contributed by atoms with Gasteiger partial charge in [-0.2, -0.15) is 0 Å². The van der Waals surface area contributed by atoms with Crippen molar-refractivity contribution < 1.29 is 19.2 Å². The number of halogens is 1. The van der Waals surface area contributed by atoms with Gasteiger partial charge in [-0.3, -0.25) is 14.9 Å². The van der Waals surface area contributed by atoms with E-state index in [0.717, 1.165) is 0 Å². The number of rotatable bonds is 4. The average Bonchev–Trinajstić information content (AvgIpc) is 2.88. The first kappa shape index (κ1) is 16.8. The largest absolute Gasteiger partial charge is 0.497 e. The van der Waals surface area contributed by atoms with Gasteiger partial charge in [-0.25, -0.2) is 0 Å². The Bertz CT molecular complexity index is 901. The Morgan fingerprint density at radius 2 is 1.76 bits per heavy atom. The molecule has 1 aliphatic heterocycles. The van der Waals surface area contributed by atoms with Crippen molar-refractivity contribution >= 4 is 40.5 Å². The maximum Gasteiger partial charge on any atom is 0.288 e. The van der Waals surface area contributed by atoms with Crippen molar-refractivity contribution in [1.29, 1.82) is 0 Å². The Labute approximate surface area is 148 Å². The maximum atomic E-state index is 12.3. The van der Waals surface area contributed by atoms with Crippen molar-refractivity contribution in [2.45, 2.75) is 0 Å². The predicted molar refractivity (Wildman–Crippen MR) is 94.2 cm³/mol. The van der Waals surface area contributed by atoms with Crippen LogP contribution in [0, 0.1) is 10.1 Å². The molecule has 2 aromatic carbocycles. The topological polar surface area (TPSA) is 90.7 Å². The molecule has 1 heterocycles. The summed E-state index contributed by atoms with van der Waals surface area (Å²) < 4.78 is 10.4. The lowest BCUT2D eigenvalue weighted by molar-refractivity contribution is -0.384. The summed E-state index contributed by atoms with van der Waals surface area (Å²) in [4.78, 5) is 22.8. The number of hydrogen-bond acceptors (Lipinski definition) is 5. The van der Waals surface area contributed by atoms with E-state index in [1.54, 1.807) is 24.3 Å². The van der Waals surface area contributed by atoms with Crippen molar-refractivity contribution in [2.24, 2.45) is 0 Å². The van der Waals surface area contributed by atoms with Gasteiger partial charge in [0.05, 0.1) is 24.8 Å². The van der Waals surface area contributed by atoms with Crippen LogP contribution in [0.3, 0.4) is 0 Å². The van der Waals surface area contributed by atoms with E-state index in [1.165, 1.54) is 26.4 Å². The molecular formula is C17H13ClN2O5. The number of anilines is 1. The lowest BCUT2D eigenvalue weighted by Gasteiger charge is -2.06. The van der Waals surface area contributed by atoms with Crippen LogP contribution in [0.25, 0.3) is 11.6 Å². The van der Waals surface area contributed by atoms with Crippen LogP contribution in [0.2, 0.25) is 5.02 Å². The van der Waals surface area contributed by atoms with Crippen molar-refractivity contribution in [3.05, 3.63) is 56.6 Å². The molecule has 0 saturated carbocycles. The van der Waals surface area contributed by atoms with Crippen molar-refractivity contribution in [2.75, 3.05) is 19.5 Å². The molecular weight excluding hydrogens is 348 g/mol. The van der Waals surface area contributed by atoms with E-state index in [-0.39, 0.29) is 16.6 Å². The Kier molecular flexibility index (Phi) is 4.33. The van der Waals surface area contributed by atoms with E-state index < -0.39 is 4.92 Å². The van der Waals surface area contributed by atoms with Gasteiger partial charge in [-0.1, -0.05) is 11.6 Å². The summed E-state index contributed by atoms with van der Waals surface area (Å²) in [5.74, 6) is 0.757. The molecule has 0 saturated heterocycles. The summed E-state index contributed by atoms with van der Waals surface area (Å²) in [6.07, 6.45) is 1.61. The monoisotopic (exact) mass is 360 g/mol. The first-order chi connectivity index (χ1) is 11.9. The standard InChI is InChI=1S/C17H13ClN2O5/c1-24-10-3-9(4-11(6-10)25-2)5-13-12-7-16(20(22)23)14(18)8-15(12)19-17(13)21/h3-8H,1-2H3,(H,19,21)/b13-5+. The minimum atomic E-state index is -0.586. The van der Waals surface area contributed by atoms with Crippen molar-refractivity contribution in [3.8, 4) is 11.5 Å². The number of nitro groups is 1. The highest BCUT2D eigenvalue weighted by atomic mass is 35.5. The van der Waals surface area contributed by atoms with Crippen LogP contribution in [0.5, 0.6) is 11.5 Å². The van der Waals surface area contributed by atoms with Gasteiger partial charge in [-0.05, 0) is 29.8 Å². The molecule has 0 atom stereocenters. The molecule has 0 fully saturated rings. The number of methoxy groups -OCH3 is 2. The van der Waals surface area contributed by atoms with E-state index in [2.05, 4.69) is 5.32 Å². The Hall–Kier alpha value is -3.06. The van der Waals surface area contributed by atoms with Gasteiger partial charge in [0, 0.05) is 23.3 Å². The fourth-order valence-corrected chi connectivity index (χ4v) is 2.80. The summed E-state index contributed by atoms with van der Waals surface area (Å²) in [7, 11) is 3.04. The summed E-state index contributed by atoms with van der Waals surface area (Å²) in [6.45, 7) is 0. The number of carbonyl (C=O) groups excluding carboxylic acids is 1. The number of fused-ring (bicyclic) bond motifs is 1. The molecule has 0 unspecified atom stereocenters. The van der Waals surface area contributed by atoms with E-state index in [9.17, 15) is 14.9 Å². The molecule has 7 nitrogen and oxygen atoms in total. The summed E-state index contributed by atoms with van der Waals surface area (Å²) in [6, 6.07) is 7.82. The molecule has 0 radical (unpaired) electrons. The molecule has 0 aromatic heterocycles. The van der Waals surface area contributed by atoms with Crippen LogP contribution < -0.4 is 14.8 Å². The minimum absolute atomic E-state index is 0.0339. The second kappa shape index (κ2) is 6.45. The zero-order valence-corrected chi connectivity index (χ0v) is 14.1. The fraction of sp³-hybridized carbons (Fsp3) is 0.118. The van der Waals surface area contributed by atoms with Crippen LogP contribution >= 0.6 is 11.6 Å². The number of carbonyl (C=O) groups is 1. The molecule has 128 valence electrons. The number of nitro benzene ring substituents is 1. The Morgan fingerprint density at radius 1 is 1.12 bits per heavy atom. The summed E-state index contributed by atoms with van der Waals surface area (Å²) in [5, 5.41) is 13.7. The van der Waals surface area contributed by atoms with Crippen LogP contribution in [0.15, 0.2) is 30.3 Å². The third-order valence-electron chi connectivity index (χ3n) is 3.75. The third-order valence-corrected chi connectivity index (χ3v) is 4.05. The molecule has 25 heavy (non-hydrogen) atoms. The molecule has 0 bridgehead atoms. The van der Waals surface area contributed by atoms with E-state index in [0.29, 0.717) is 33.9 Å². The van der Waals surface area contributed by atoms with Gasteiger partial charge >= 0.3 is 0 Å². The smallest absolute Gasteiger partial charge is 0.288 e. The highest BCUT2D eigenvalue weighted by Gasteiger charge is 2.28. The molecule has 0 spiro atoms. The summed E-state index contributed by atoms with van der Waals surface area (Å²) >= 11 is 5.89. The van der Waals surface area contributed by atoms with Crippen LogP contribution in [0.4, 0.5) is 11.4 Å². The quantitative estimate of drug-likeness (QED) is 0.509. The van der Waals surface area contributed by atoms with E-state index in [4.69, 9.17) is 21.1 Å². The van der Waals surface area contributed by atoms with E-state index in [1.807, 2.05) is 0 Å². The van der Waals surface area contributed by atoms with Gasteiger partial charge in [0.15, 0.2) is 0 Å². The van der Waals surface area contributed by atoms with Crippen LogP contribution in [-0.4, -0.2) is 25.1 Å². The number of amides is 1. The fourth-order valence-electron chi connectivity index (χ4n) is 2.56. The number of hydrogen-bond donors (Lipinski definition) is 1. The molecule has 0 aliphatic carbocycles. The SMILES string of the molecule is COc1cc(/C=C2/C(=O)Nc3cc(Cl)c([N+](=O)[O-])cc32)cc(OC)c1. The van der Waals surface area contributed by atoms with Gasteiger partial charge < -0.3 is 14.8 Å². The molecule has 3 rings (SSSR count). The first-order valence-corrected chi connectivity index (χ1v) is 7.55. The van der Waals surface area contributed by atoms with Crippen LogP contribution in [-0.2, 0) is 4.79 Å². The lowest BCUT2D eigenvalue weighted by atomic mass is 10.0. The highest BCUT2D eigenvalue weighted by Crippen LogP contribution is 2.40. The van der Waals surface area contributed by atoms with E-state index >= 15 is 0 Å². The van der Waals surface area contributed by atoms with Crippen molar-refractivity contribution in [3.63, 3.8) is 0 Å². The first-order valence-electron chi connectivity index (χ1n) is 7.17. The normalized spacial score (nSPS) is 14.2. The van der Waals surface area contributed by atoms with Crippen molar-refractivity contribution in [1.82, 2.24) is 0 Å². The average molecular weight is 361 g/mol. The maximum absolute atomic E-state index is 12.3. The molecule has 1 aliphatic rings. The van der Waals surface area contributed by atoms with Gasteiger partial charge in [0.2, 0.25) is 0 Å². The highest BCUT2D eigenvalue weighted by molar-refractivity contribution is 6.37. The molecule has 1 amide bonds. The molecule has 2 aromatic rings. The summed E-state index contributed by atoms with van der Waals surface area (Å²) in [5.41, 5.74) is 1.55. The zero-order chi connectivity index (χ0) is 18.1. The number of nitrogens with zero attached hydrogens (tertiary/aromatic N) is 1.